The van der Waals surface area contributed by atoms with Crippen LogP contribution in [-0.2, 0) is 13.9 Å². The molecule has 1 unspecified atom stereocenters. The standard InChI is InChI=1S/C21H33O4P/c1-20-10-8-16(26(23,24)25-3)12-14(20)4-6-17-18-7-5-15(13-22)21(18,2)11-9-19(17)20/h12-15,17-19H,4-11H2,1-3H3,(H,23,24)/t14-,15+,17-,18-,19-,20-,21+/m0/s1. The Kier molecular flexibility index (Phi) is 4.57. The molecule has 5 heteroatoms. The first kappa shape index (κ1) is 18.9. The van der Waals surface area contributed by atoms with Crippen LogP contribution in [0.2, 0.25) is 0 Å². The van der Waals surface area contributed by atoms with E-state index in [-0.39, 0.29) is 16.7 Å². The third-order valence-corrected chi connectivity index (χ3v) is 10.7. The van der Waals surface area contributed by atoms with Gasteiger partial charge in [0, 0.05) is 18.3 Å². The van der Waals surface area contributed by atoms with Crippen LogP contribution in [0.1, 0.15) is 65.2 Å². The summed E-state index contributed by atoms with van der Waals surface area (Å²) in [5.41, 5.74) is 0.430. The van der Waals surface area contributed by atoms with Crippen molar-refractivity contribution in [3.8, 4) is 0 Å². The fraction of sp³-hybridized carbons (Fsp3) is 0.857. The molecule has 0 heterocycles. The van der Waals surface area contributed by atoms with Gasteiger partial charge in [-0.15, -0.1) is 0 Å². The zero-order valence-electron chi connectivity index (χ0n) is 16.3. The van der Waals surface area contributed by atoms with Crippen molar-refractivity contribution in [2.45, 2.75) is 65.2 Å². The second kappa shape index (κ2) is 6.29. The lowest BCUT2D eigenvalue weighted by Crippen LogP contribution is -2.52. The number of hydrogen-bond acceptors (Lipinski definition) is 3. The van der Waals surface area contributed by atoms with Gasteiger partial charge in [0.1, 0.15) is 6.29 Å². The van der Waals surface area contributed by atoms with Crippen LogP contribution in [0, 0.1) is 40.4 Å². The summed E-state index contributed by atoms with van der Waals surface area (Å²) < 4.78 is 17.2. The Morgan fingerprint density at radius 1 is 1.12 bits per heavy atom. The summed E-state index contributed by atoms with van der Waals surface area (Å²) in [6, 6.07) is 0. The van der Waals surface area contributed by atoms with E-state index in [1.54, 1.807) is 0 Å². The second-order valence-corrected chi connectivity index (χ2v) is 11.8. The summed E-state index contributed by atoms with van der Waals surface area (Å²) in [6.07, 6.45) is 11.9. The molecule has 8 atom stereocenters. The molecule has 4 nitrogen and oxygen atoms in total. The Balaban J connectivity index is 1.62. The molecule has 0 aromatic carbocycles. The minimum Gasteiger partial charge on any atom is -0.321 e. The van der Waals surface area contributed by atoms with E-state index in [2.05, 4.69) is 19.9 Å². The lowest BCUT2D eigenvalue weighted by atomic mass is 9.45. The van der Waals surface area contributed by atoms with Gasteiger partial charge in [0.05, 0.1) is 0 Å². The first-order valence-electron chi connectivity index (χ1n) is 10.3. The van der Waals surface area contributed by atoms with E-state index in [0.717, 1.165) is 31.6 Å². The van der Waals surface area contributed by atoms with Crippen LogP contribution < -0.4 is 0 Å². The largest absolute Gasteiger partial charge is 0.354 e. The van der Waals surface area contributed by atoms with Gasteiger partial charge in [0.2, 0.25) is 0 Å². The molecular formula is C21H33O4P. The molecule has 4 aliphatic rings. The number of rotatable bonds is 3. The van der Waals surface area contributed by atoms with Crippen LogP contribution in [0.4, 0.5) is 0 Å². The van der Waals surface area contributed by atoms with Gasteiger partial charge in [-0.3, -0.25) is 4.57 Å². The Morgan fingerprint density at radius 3 is 2.54 bits per heavy atom. The highest BCUT2D eigenvalue weighted by Crippen LogP contribution is 2.68. The van der Waals surface area contributed by atoms with Crippen molar-refractivity contribution in [3.05, 3.63) is 11.4 Å². The third kappa shape index (κ3) is 2.55. The van der Waals surface area contributed by atoms with Crippen LogP contribution in [0.25, 0.3) is 0 Å². The molecular weight excluding hydrogens is 347 g/mol. The average Bonchev–Trinajstić information content (AvgIpc) is 2.97. The van der Waals surface area contributed by atoms with Crippen LogP contribution in [0.5, 0.6) is 0 Å². The van der Waals surface area contributed by atoms with Crippen molar-refractivity contribution >= 4 is 13.9 Å². The highest BCUT2D eigenvalue weighted by molar-refractivity contribution is 7.57. The van der Waals surface area contributed by atoms with Gasteiger partial charge in [-0.1, -0.05) is 19.9 Å². The molecule has 0 aromatic heterocycles. The van der Waals surface area contributed by atoms with Gasteiger partial charge in [-0.2, -0.15) is 0 Å². The van der Waals surface area contributed by atoms with E-state index in [9.17, 15) is 14.3 Å². The Labute approximate surface area is 157 Å². The first-order chi connectivity index (χ1) is 12.3. The molecule has 4 aliphatic carbocycles. The van der Waals surface area contributed by atoms with Crippen molar-refractivity contribution in [2.75, 3.05) is 7.11 Å². The van der Waals surface area contributed by atoms with Gasteiger partial charge in [-0.05, 0) is 85.9 Å². The molecule has 0 radical (unpaired) electrons. The lowest BCUT2D eigenvalue weighted by molar-refractivity contribution is -0.121. The number of carbonyl (C=O) groups is 1. The third-order valence-electron chi connectivity index (χ3n) is 9.10. The van der Waals surface area contributed by atoms with Gasteiger partial charge < -0.3 is 14.2 Å². The van der Waals surface area contributed by atoms with Crippen molar-refractivity contribution in [1.29, 1.82) is 0 Å². The van der Waals surface area contributed by atoms with E-state index in [1.807, 2.05) is 0 Å². The number of fused-ring (bicyclic) bond motifs is 5. The molecule has 3 saturated carbocycles. The summed E-state index contributed by atoms with van der Waals surface area (Å²) in [4.78, 5) is 21.7. The van der Waals surface area contributed by atoms with Crippen LogP contribution in [0.15, 0.2) is 11.4 Å². The Bertz CT molecular complexity index is 673. The first-order valence-corrected chi connectivity index (χ1v) is 11.9. The molecule has 0 aromatic rings. The van der Waals surface area contributed by atoms with Gasteiger partial charge >= 0.3 is 7.60 Å². The summed E-state index contributed by atoms with van der Waals surface area (Å²) in [7, 11) is -2.27. The summed E-state index contributed by atoms with van der Waals surface area (Å²) in [5, 5.41) is 0.628. The monoisotopic (exact) mass is 380 g/mol. The SMILES string of the molecule is COP(=O)(O)C1=C[C@@H]2CC[C@@H]3[C@H](CC[C@]4(C)[C@@H](C=O)CC[C@@H]34)[C@@]2(C)CC1. The quantitative estimate of drug-likeness (QED) is 0.542. The maximum atomic E-state index is 12.3. The molecule has 4 rings (SSSR count). The topological polar surface area (TPSA) is 63.6 Å². The minimum absolute atomic E-state index is 0.207. The predicted octanol–water partition coefficient (Wildman–Crippen LogP) is 5.17. The highest BCUT2D eigenvalue weighted by Gasteiger charge is 2.59. The Hall–Kier alpha value is -0.440. The van der Waals surface area contributed by atoms with E-state index < -0.39 is 7.60 Å². The van der Waals surface area contributed by atoms with E-state index >= 15 is 0 Å². The normalized spacial score (nSPS) is 50.0. The van der Waals surface area contributed by atoms with Gasteiger partial charge in [0.25, 0.3) is 0 Å². The van der Waals surface area contributed by atoms with E-state index in [1.165, 1.54) is 32.7 Å². The zero-order valence-corrected chi connectivity index (χ0v) is 17.2. The molecule has 0 amide bonds. The summed E-state index contributed by atoms with van der Waals surface area (Å²) >= 11 is 0. The van der Waals surface area contributed by atoms with Crippen molar-refractivity contribution in [2.24, 2.45) is 40.4 Å². The average molecular weight is 380 g/mol. The van der Waals surface area contributed by atoms with Crippen molar-refractivity contribution < 1.29 is 18.8 Å². The molecule has 0 aliphatic heterocycles. The fourth-order valence-electron chi connectivity index (χ4n) is 7.46. The number of hydrogen-bond donors (Lipinski definition) is 1. The van der Waals surface area contributed by atoms with Gasteiger partial charge in [0.15, 0.2) is 0 Å². The van der Waals surface area contributed by atoms with Crippen LogP contribution in [-0.4, -0.2) is 18.3 Å². The highest BCUT2D eigenvalue weighted by atomic mass is 31.2. The maximum Gasteiger partial charge on any atom is 0.354 e. The summed E-state index contributed by atoms with van der Waals surface area (Å²) in [5.74, 6) is 2.72. The number of aldehydes is 1. The van der Waals surface area contributed by atoms with Gasteiger partial charge in [-0.25, -0.2) is 0 Å². The molecule has 3 fully saturated rings. The van der Waals surface area contributed by atoms with Crippen molar-refractivity contribution in [1.82, 2.24) is 0 Å². The smallest absolute Gasteiger partial charge is 0.321 e. The predicted molar refractivity (Wildman–Crippen MR) is 102 cm³/mol. The van der Waals surface area contributed by atoms with E-state index in [4.69, 9.17) is 4.52 Å². The van der Waals surface area contributed by atoms with Crippen molar-refractivity contribution in [3.63, 3.8) is 0 Å². The summed E-state index contributed by atoms with van der Waals surface area (Å²) in [6.45, 7) is 4.79. The maximum absolute atomic E-state index is 12.3. The zero-order chi connectivity index (χ0) is 18.7. The molecule has 1 N–H and O–H groups in total. The number of allylic oxidation sites excluding steroid dienone is 2. The van der Waals surface area contributed by atoms with E-state index in [0.29, 0.717) is 29.5 Å². The Morgan fingerprint density at radius 2 is 1.85 bits per heavy atom. The molecule has 146 valence electrons. The van der Waals surface area contributed by atoms with Crippen LogP contribution >= 0.6 is 7.60 Å². The molecule has 0 saturated heterocycles. The fourth-order valence-corrected chi connectivity index (χ4v) is 8.46. The molecule has 0 spiro atoms. The molecule has 0 bridgehead atoms. The lowest BCUT2D eigenvalue weighted by Gasteiger charge is -2.59. The second-order valence-electron chi connectivity index (χ2n) is 9.79. The molecule has 26 heavy (non-hydrogen) atoms. The minimum atomic E-state index is -3.60. The van der Waals surface area contributed by atoms with Crippen LogP contribution in [0.3, 0.4) is 0 Å². The number of carbonyl (C=O) groups excluding carboxylic acids is 1.